The molecule has 0 bridgehead atoms. The van der Waals surface area contributed by atoms with Gasteiger partial charge in [0.25, 0.3) is 0 Å². The Hall–Kier alpha value is -2.89. The molecule has 0 aromatic carbocycles. The number of carbonyl (C=O) groups is 4. The third-order valence-electron chi connectivity index (χ3n) is 4.61. The molecule has 12 heteroatoms. The van der Waals surface area contributed by atoms with E-state index in [1.807, 2.05) is 0 Å². The average Bonchev–Trinajstić information content (AvgIpc) is 3.13. The number of nitrogens with one attached hydrogen (secondary N) is 2. The number of likely N-dealkylation sites (tertiary alicyclic amines) is 1. The molecule has 4 atom stereocenters. The van der Waals surface area contributed by atoms with E-state index in [4.69, 9.17) is 17.2 Å². The fourth-order valence-electron chi connectivity index (χ4n) is 2.97. The van der Waals surface area contributed by atoms with Crippen molar-refractivity contribution in [3.63, 3.8) is 0 Å². The molecule has 3 amide bonds. The van der Waals surface area contributed by atoms with E-state index in [1.54, 1.807) is 0 Å². The minimum atomic E-state index is -1.07. The van der Waals surface area contributed by atoms with Gasteiger partial charge >= 0.3 is 5.97 Å². The highest BCUT2D eigenvalue weighted by atomic mass is 16.4. The number of carboxylic acids is 1. The second-order valence-corrected chi connectivity index (χ2v) is 7.04. The Labute approximate surface area is 169 Å². The second-order valence-electron chi connectivity index (χ2n) is 7.04. The van der Waals surface area contributed by atoms with Gasteiger partial charge in [-0.2, -0.15) is 0 Å². The summed E-state index contributed by atoms with van der Waals surface area (Å²) >= 11 is 0. The quantitative estimate of drug-likeness (QED) is 0.127. The fourth-order valence-corrected chi connectivity index (χ4v) is 2.97. The van der Waals surface area contributed by atoms with Crippen LogP contribution in [0, 0.1) is 0 Å². The van der Waals surface area contributed by atoms with Crippen molar-refractivity contribution in [3.8, 4) is 0 Å². The monoisotopic (exact) mass is 413 g/mol. The molecule has 0 unspecified atom stereocenters. The van der Waals surface area contributed by atoms with Crippen molar-refractivity contribution < 1.29 is 24.3 Å². The number of aliphatic imine (C=N–C) groups is 1. The molecule has 1 aliphatic heterocycles. The molecule has 1 saturated heterocycles. The van der Waals surface area contributed by atoms with Crippen LogP contribution in [-0.2, 0) is 19.2 Å². The van der Waals surface area contributed by atoms with Crippen molar-refractivity contribution in [2.24, 2.45) is 22.2 Å². The van der Waals surface area contributed by atoms with Crippen molar-refractivity contribution in [3.05, 3.63) is 0 Å². The molecule has 1 rings (SSSR count). The molecule has 0 radical (unpaired) electrons. The Balaban J connectivity index is 2.48. The van der Waals surface area contributed by atoms with Crippen LogP contribution in [0.3, 0.4) is 0 Å². The highest BCUT2D eigenvalue weighted by Crippen LogP contribution is 2.18. The van der Waals surface area contributed by atoms with Crippen molar-refractivity contribution in [2.75, 3.05) is 13.1 Å². The molecule has 0 aliphatic carbocycles. The van der Waals surface area contributed by atoms with E-state index >= 15 is 0 Å². The number of rotatable bonds is 10. The number of aliphatic carboxylic acids is 1. The summed E-state index contributed by atoms with van der Waals surface area (Å²) in [6.45, 7) is 3.61. The van der Waals surface area contributed by atoms with Crippen LogP contribution in [-0.4, -0.2) is 76.9 Å². The Morgan fingerprint density at radius 2 is 1.76 bits per heavy atom. The zero-order valence-corrected chi connectivity index (χ0v) is 16.8. The van der Waals surface area contributed by atoms with Gasteiger partial charge in [0.1, 0.15) is 18.1 Å². The first-order chi connectivity index (χ1) is 13.5. The molecule has 1 aliphatic rings. The molecule has 1 fully saturated rings. The van der Waals surface area contributed by atoms with Crippen LogP contribution in [0.1, 0.15) is 39.5 Å². The molecule has 0 aromatic rings. The normalized spacial score (nSPS) is 19.0. The molecule has 0 saturated carbocycles. The van der Waals surface area contributed by atoms with E-state index in [1.165, 1.54) is 18.7 Å². The van der Waals surface area contributed by atoms with Crippen LogP contribution >= 0.6 is 0 Å². The SMILES string of the molecule is C[C@H](NC(=O)[C@@H](N)CCCN=C(N)N)C(=O)N[C@@H](C)C(=O)N1CCC[C@H]1C(=O)O. The van der Waals surface area contributed by atoms with Crippen LogP contribution in [0.5, 0.6) is 0 Å². The smallest absolute Gasteiger partial charge is 0.326 e. The van der Waals surface area contributed by atoms with Gasteiger partial charge in [0.05, 0.1) is 6.04 Å². The second kappa shape index (κ2) is 11.2. The maximum atomic E-state index is 12.5. The molecule has 0 spiro atoms. The van der Waals surface area contributed by atoms with Gasteiger partial charge in [-0.05, 0) is 39.5 Å². The Kier molecular flexibility index (Phi) is 9.32. The number of nitrogens with zero attached hydrogens (tertiary/aromatic N) is 2. The third-order valence-corrected chi connectivity index (χ3v) is 4.61. The van der Waals surface area contributed by atoms with Gasteiger partial charge in [0.2, 0.25) is 17.7 Å². The van der Waals surface area contributed by atoms with Crippen LogP contribution < -0.4 is 27.8 Å². The van der Waals surface area contributed by atoms with Gasteiger partial charge in [0, 0.05) is 13.1 Å². The number of hydrogen-bond donors (Lipinski definition) is 6. The van der Waals surface area contributed by atoms with Crippen molar-refractivity contribution >= 4 is 29.7 Å². The Morgan fingerprint density at radius 1 is 1.14 bits per heavy atom. The number of hydrogen-bond acceptors (Lipinski definition) is 6. The summed E-state index contributed by atoms with van der Waals surface area (Å²) in [5, 5.41) is 14.2. The van der Waals surface area contributed by atoms with Gasteiger partial charge in [0.15, 0.2) is 5.96 Å². The minimum Gasteiger partial charge on any atom is -0.480 e. The lowest BCUT2D eigenvalue weighted by Crippen LogP contribution is -2.55. The number of carbonyl (C=O) groups excluding carboxylic acids is 3. The number of amides is 3. The first-order valence-corrected chi connectivity index (χ1v) is 9.49. The maximum Gasteiger partial charge on any atom is 0.326 e. The summed E-state index contributed by atoms with van der Waals surface area (Å²) in [6, 6.07) is -3.55. The van der Waals surface area contributed by atoms with Crippen LogP contribution in [0.25, 0.3) is 0 Å². The van der Waals surface area contributed by atoms with Gasteiger partial charge in [-0.15, -0.1) is 0 Å². The van der Waals surface area contributed by atoms with E-state index in [2.05, 4.69) is 15.6 Å². The van der Waals surface area contributed by atoms with Crippen molar-refractivity contribution in [1.29, 1.82) is 0 Å². The topological polar surface area (TPSA) is 206 Å². The molecule has 1 heterocycles. The molecule has 12 nitrogen and oxygen atoms in total. The van der Waals surface area contributed by atoms with Gasteiger partial charge in [-0.1, -0.05) is 0 Å². The molecular formula is C17H31N7O5. The number of guanidine groups is 1. The summed E-state index contributed by atoms with van der Waals surface area (Å²) in [5.74, 6) is -2.66. The number of carboxylic acid groups (broad SMARTS) is 1. The fraction of sp³-hybridized carbons (Fsp3) is 0.706. The lowest BCUT2D eigenvalue weighted by atomic mass is 10.1. The zero-order chi connectivity index (χ0) is 22.1. The molecule has 0 aromatic heterocycles. The van der Waals surface area contributed by atoms with Gasteiger partial charge in [-0.3, -0.25) is 19.4 Å². The van der Waals surface area contributed by atoms with Crippen molar-refractivity contribution in [2.45, 2.75) is 63.7 Å². The van der Waals surface area contributed by atoms with Crippen molar-refractivity contribution in [1.82, 2.24) is 15.5 Å². The van der Waals surface area contributed by atoms with E-state index in [0.29, 0.717) is 38.8 Å². The van der Waals surface area contributed by atoms with Gasteiger partial charge < -0.3 is 37.8 Å². The van der Waals surface area contributed by atoms with E-state index in [-0.39, 0.29) is 5.96 Å². The molecule has 29 heavy (non-hydrogen) atoms. The lowest BCUT2D eigenvalue weighted by molar-refractivity contribution is -0.149. The first kappa shape index (κ1) is 24.1. The van der Waals surface area contributed by atoms with Crippen LogP contribution in [0.2, 0.25) is 0 Å². The highest BCUT2D eigenvalue weighted by Gasteiger charge is 2.36. The lowest BCUT2D eigenvalue weighted by Gasteiger charge is -2.26. The third kappa shape index (κ3) is 7.56. The Bertz CT molecular complexity index is 650. The summed E-state index contributed by atoms with van der Waals surface area (Å²) in [5.41, 5.74) is 16.2. The summed E-state index contributed by atoms with van der Waals surface area (Å²) < 4.78 is 0. The van der Waals surface area contributed by atoms with E-state index < -0.39 is 47.9 Å². The predicted molar refractivity (Wildman–Crippen MR) is 105 cm³/mol. The van der Waals surface area contributed by atoms with Gasteiger partial charge in [-0.25, -0.2) is 4.79 Å². The molecule has 9 N–H and O–H groups in total. The largest absolute Gasteiger partial charge is 0.480 e. The minimum absolute atomic E-state index is 0.0411. The summed E-state index contributed by atoms with van der Waals surface area (Å²) in [6.07, 6.45) is 1.81. The predicted octanol–water partition coefficient (Wildman–Crippen LogP) is -2.55. The maximum absolute atomic E-state index is 12.5. The Morgan fingerprint density at radius 3 is 2.34 bits per heavy atom. The highest BCUT2D eigenvalue weighted by molar-refractivity contribution is 5.93. The zero-order valence-electron chi connectivity index (χ0n) is 16.8. The average molecular weight is 413 g/mol. The first-order valence-electron chi connectivity index (χ1n) is 9.49. The molecular weight excluding hydrogens is 382 g/mol. The van der Waals surface area contributed by atoms with E-state index in [9.17, 15) is 24.3 Å². The molecule has 164 valence electrons. The standard InChI is InChI=1S/C17H31N7O5/c1-9(22-14(26)11(18)5-3-7-21-17(19)20)13(25)23-10(2)15(27)24-8-4-6-12(24)16(28)29/h9-12H,3-8,18H2,1-2H3,(H,22,26)(H,23,25)(H,28,29)(H4,19,20,21)/t9-,10-,11-,12-/m0/s1. The number of nitrogens with two attached hydrogens (primary N) is 3. The van der Waals surface area contributed by atoms with Crippen LogP contribution in [0.4, 0.5) is 0 Å². The van der Waals surface area contributed by atoms with Crippen LogP contribution in [0.15, 0.2) is 4.99 Å². The summed E-state index contributed by atoms with van der Waals surface area (Å²) in [4.78, 5) is 53.1. The van der Waals surface area contributed by atoms with E-state index in [0.717, 1.165) is 0 Å². The summed E-state index contributed by atoms with van der Waals surface area (Å²) in [7, 11) is 0.